The maximum Gasteiger partial charge on any atom is 0.223 e. The summed E-state index contributed by atoms with van der Waals surface area (Å²) in [6, 6.07) is 0. The maximum absolute atomic E-state index is 12.2. The monoisotopic (exact) mass is 267 g/mol. The van der Waals surface area contributed by atoms with Crippen LogP contribution in [0.4, 0.5) is 0 Å². The Bertz CT molecular complexity index is 267. The summed E-state index contributed by atoms with van der Waals surface area (Å²) in [6.45, 7) is 12.2. The number of hydrogen-bond donors (Lipinski definition) is 1. The summed E-state index contributed by atoms with van der Waals surface area (Å²) in [7, 11) is 0. The Morgan fingerprint density at radius 1 is 1.11 bits per heavy atom. The quantitative estimate of drug-likeness (QED) is 0.786. The largest absolute Gasteiger partial charge is 0.356 e. The zero-order chi connectivity index (χ0) is 14.5. The minimum Gasteiger partial charge on any atom is -0.356 e. The first-order valence-corrected chi connectivity index (χ1v) is 8.16. The molecule has 0 atom stereocenters. The van der Waals surface area contributed by atoms with E-state index < -0.39 is 0 Å². The van der Waals surface area contributed by atoms with Crippen molar-refractivity contribution in [1.82, 2.24) is 5.32 Å². The molecule has 1 fully saturated rings. The zero-order valence-corrected chi connectivity index (χ0v) is 13.6. The molecule has 0 saturated heterocycles. The molecule has 2 heteroatoms. The lowest BCUT2D eigenvalue weighted by Crippen LogP contribution is -2.37. The lowest BCUT2D eigenvalue weighted by atomic mass is 9.69. The van der Waals surface area contributed by atoms with Crippen molar-refractivity contribution in [2.45, 2.75) is 73.1 Å². The molecule has 0 spiro atoms. The molecule has 1 aliphatic rings. The van der Waals surface area contributed by atoms with Crippen LogP contribution in [-0.2, 0) is 4.79 Å². The Hall–Kier alpha value is -0.530. The van der Waals surface area contributed by atoms with Gasteiger partial charge in [0.2, 0.25) is 5.91 Å². The molecule has 0 aromatic heterocycles. The number of carbonyl (C=O) groups excluding carboxylic acids is 1. The second kappa shape index (κ2) is 7.31. The van der Waals surface area contributed by atoms with Crippen molar-refractivity contribution in [2.24, 2.45) is 23.2 Å². The van der Waals surface area contributed by atoms with Crippen LogP contribution in [0.25, 0.3) is 0 Å². The minimum absolute atomic E-state index is 0.271. The molecule has 1 N–H and O–H groups in total. The molecule has 0 aromatic carbocycles. The third kappa shape index (κ3) is 5.16. The number of nitrogens with one attached hydrogen (secondary N) is 1. The van der Waals surface area contributed by atoms with E-state index in [4.69, 9.17) is 0 Å². The number of rotatable bonds is 5. The molecule has 0 heterocycles. The smallest absolute Gasteiger partial charge is 0.223 e. The summed E-state index contributed by atoms with van der Waals surface area (Å²) in [5.41, 5.74) is 0.400. The van der Waals surface area contributed by atoms with Gasteiger partial charge in [0.05, 0.1) is 0 Å². The summed E-state index contributed by atoms with van der Waals surface area (Å²) in [6.07, 6.45) is 6.91. The van der Waals surface area contributed by atoms with E-state index in [1.165, 1.54) is 12.8 Å². The predicted octanol–water partition coefficient (Wildman–Crippen LogP) is 4.39. The molecule has 2 nitrogen and oxygen atoms in total. The van der Waals surface area contributed by atoms with Gasteiger partial charge in [-0.15, -0.1) is 0 Å². The first-order valence-electron chi connectivity index (χ1n) is 8.16. The molecule has 19 heavy (non-hydrogen) atoms. The molecule has 0 radical (unpaired) electrons. The van der Waals surface area contributed by atoms with Crippen LogP contribution < -0.4 is 5.32 Å². The predicted molar refractivity (Wildman–Crippen MR) is 82.0 cm³/mol. The van der Waals surface area contributed by atoms with Crippen LogP contribution >= 0.6 is 0 Å². The van der Waals surface area contributed by atoms with Crippen LogP contribution in [0.5, 0.6) is 0 Å². The van der Waals surface area contributed by atoms with Crippen LogP contribution in [0.3, 0.4) is 0 Å². The zero-order valence-electron chi connectivity index (χ0n) is 13.6. The fraction of sp³-hybridized carbons (Fsp3) is 0.941. The first kappa shape index (κ1) is 16.5. The van der Waals surface area contributed by atoms with Crippen molar-refractivity contribution in [1.29, 1.82) is 0 Å². The second-order valence-electron chi connectivity index (χ2n) is 7.34. The van der Waals surface area contributed by atoms with E-state index in [1.54, 1.807) is 0 Å². The summed E-state index contributed by atoms with van der Waals surface area (Å²) < 4.78 is 0. The fourth-order valence-corrected chi connectivity index (χ4v) is 3.19. The van der Waals surface area contributed by atoms with Crippen LogP contribution in [0, 0.1) is 23.2 Å². The Kier molecular flexibility index (Phi) is 6.35. The van der Waals surface area contributed by atoms with Gasteiger partial charge in [0, 0.05) is 12.5 Å². The van der Waals surface area contributed by atoms with Gasteiger partial charge in [0.1, 0.15) is 0 Å². The molecule has 1 saturated carbocycles. The average molecular weight is 267 g/mol. The van der Waals surface area contributed by atoms with E-state index in [9.17, 15) is 4.79 Å². The molecule has 0 unspecified atom stereocenters. The highest BCUT2D eigenvalue weighted by Gasteiger charge is 2.32. The Morgan fingerprint density at radius 3 is 2.05 bits per heavy atom. The van der Waals surface area contributed by atoms with Crippen molar-refractivity contribution >= 4 is 5.91 Å². The van der Waals surface area contributed by atoms with Crippen molar-refractivity contribution in [2.75, 3.05) is 6.54 Å². The SMILES string of the molecule is CCC(CC)CNC(=O)C1CCC(C(C)(C)C)CC1. The summed E-state index contributed by atoms with van der Waals surface area (Å²) in [4.78, 5) is 12.2. The highest BCUT2D eigenvalue weighted by atomic mass is 16.1. The van der Waals surface area contributed by atoms with Gasteiger partial charge in [-0.25, -0.2) is 0 Å². The van der Waals surface area contributed by atoms with Gasteiger partial charge in [0.15, 0.2) is 0 Å². The highest BCUT2D eigenvalue weighted by molar-refractivity contribution is 5.78. The topological polar surface area (TPSA) is 29.1 Å². The van der Waals surface area contributed by atoms with Crippen molar-refractivity contribution < 1.29 is 4.79 Å². The van der Waals surface area contributed by atoms with Gasteiger partial charge in [-0.2, -0.15) is 0 Å². The summed E-state index contributed by atoms with van der Waals surface area (Å²) >= 11 is 0. The van der Waals surface area contributed by atoms with E-state index in [0.717, 1.165) is 38.1 Å². The van der Waals surface area contributed by atoms with Crippen molar-refractivity contribution in [3.8, 4) is 0 Å². The molecule has 0 aliphatic heterocycles. The van der Waals surface area contributed by atoms with Gasteiger partial charge in [-0.3, -0.25) is 4.79 Å². The van der Waals surface area contributed by atoms with Gasteiger partial charge in [-0.1, -0.05) is 47.5 Å². The fourth-order valence-electron chi connectivity index (χ4n) is 3.19. The Balaban J connectivity index is 2.33. The van der Waals surface area contributed by atoms with Gasteiger partial charge in [0.25, 0.3) is 0 Å². The first-order chi connectivity index (χ1) is 8.88. The molecule has 0 aromatic rings. The Labute approximate surface area is 119 Å². The van der Waals surface area contributed by atoms with E-state index >= 15 is 0 Å². The van der Waals surface area contributed by atoms with E-state index in [2.05, 4.69) is 39.9 Å². The van der Waals surface area contributed by atoms with Crippen LogP contribution in [0.2, 0.25) is 0 Å². The van der Waals surface area contributed by atoms with Crippen LogP contribution in [0.15, 0.2) is 0 Å². The van der Waals surface area contributed by atoms with Crippen LogP contribution in [0.1, 0.15) is 73.1 Å². The lowest BCUT2D eigenvalue weighted by Gasteiger charge is -2.36. The number of hydrogen-bond acceptors (Lipinski definition) is 1. The van der Waals surface area contributed by atoms with Gasteiger partial charge in [-0.05, 0) is 42.9 Å². The van der Waals surface area contributed by atoms with Gasteiger partial charge >= 0.3 is 0 Å². The molecule has 1 rings (SSSR count). The third-order valence-corrected chi connectivity index (χ3v) is 5.04. The van der Waals surface area contributed by atoms with E-state index in [1.807, 2.05) is 0 Å². The minimum atomic E-state index is 0.271. The molecule has 112 valence electrons. The molecular formula is C17H33NO. The van der Waals surface area contributed by atoms with Crippen molar-refractivity contribution in [3.63, 3.8) is 0 Å². The number of amides is 1. The molecule has 1 amide bonds. The molecular weight excluding hydrogens is 234 g/mol. The summed E-state index contributed by atoms with van der Waals surface area (Å²) in [5.74, 6) is 2.01. The van der Waals surface area contributed by atoms with Gasteiger partial charge < -0.3 is 5.32 Å². The van der Waals surface area contributed by atoms with Crippen LogP contribution in [-0.4, -0.2) is 12.5 Å². The molecule has 1 aliphatic carbocycles. The highest BCUT2D eigenvalue weighted by Crippen LogP contribution is 2.39. The average Bonchev–Trinajstić information content (AvgIpc) is 2.39. The second-order valence-corrected chi connectivity index (χ2v) is 7.34. The standard InChI is InChI=1S/C17H33NO/c1-6-13(7-2)12-18-16(19)14-8-10-15(11-9-14)17(3,4)5/h13-15H,6-12H2,1-5H3,(H,18,19). The lowest BCUT2D eigenvalue weighted by molar-refractivity contribution is -0.126. The third-order valence-electron chi connectivity index (χ3n) is 5.04. The molecule has 0 bridgehead atoms. The van der Waals surface area contributed by atoms with E-state index in [0.29, 0.717) is 17.2 Å². The normalized spacial score (nSPS) is 24.5. The van der Waals surface area contributed by atoms with Crippen molar-refractivity contribution in [3.05, 3.63) is 0 Å². The summed E-state index contributed by atoms with van der Waals surface area (Å²) in [5, 5.41) is 3.17. The maximum atomic E-state index is 12.2. The number of carbonyl (C=O) groups is 1. The van der Waals surface area contributed by atoms with E-state index in [-0.39, 0.29) is 5.92 Å². The Morgan fingerprint density at radius 2 is 1.63 bits per heavy atom.